The van der Waals surface area contributed by atoms with Crippen LogP contribution in [0.4, 0.5) is 5.69 Å². The van der Waals surface area contributed by atoms with E-state index < -0.39 is 6.04 Å². The van der Waals surface area contributed by atoms with Gasteiger partial charge in [-0.3, -0.25) is 14.4 Å². The minimum atomic E-state index is -0.632. The van der Waals surface area contributed by atoms with Crippen LogP contribution in [0.1, 0.15) is 40.5 Å². The topological polar surface area (TPSA) is 66.5 Å². The number of hydrogen-bond donors (Lipinski definition) is 1. The van der Waals surface area contributed by atoms with E-state index in [2.05, 4.69) is 5.32 Å². The number of para-hydroxylation sites is 1. The van der Waals surface area contributed by atoms with Crippen LogP contribution in [0.5, 0.6) is 0 Å². The third-order valence-corrected chi connectivity index (χ3v) is 5.10. The molecule has 0 spiro atoms. The summed E-state index contributed by atoms with van der Waals surface area (Å²) in [6.07, 6.45) is 1.24. The van der Waals surface area contributed by atoms with E-state index in [1.165, 1.54) is 17.9 Å². The molecule has 5 nitrogen and oxygen atoms in total. The van der Waals surface area contributed by atoms with Crippen LogP contribution >= 0.6 is 23.2 Å². The van der Waals surface area contributed by atoms with Crippen molar-refractivity contribution in [1.29, 1.82) is 0 Å². The number of nitrogens with zero attached hydrogens (tertiary/aromatic N) is 1. The number of rotatable bonds is 4. The molecule has 1 fully saturated rings. The fourth-order valence-electron chi connectivity index (χ4n) is 3.21. The molecular weight excluding hydrogens is 387 g/mol. The second-order valence-corrected chi connectivity index (χ2v) is 7.22. The van der Waals surface area contributed by atoms with Crippen LogP contribution in [-0.4, -0.2) is 35.1 Å². The Kier molecular flexibility index (Phi) is 5.82. The van der Waals surface area contributed by atoms with Crippen LogP contribution < -0.4 is 5.32 Å². The Bertz CT molecular complexity index is 914. The van der Waals surface area contributed by atoms with Crippen molar-refractivity contribution in [3.63, 3.8) is 0 Å². The third kappa shape index (κ3) is 4.15. The minimum absolute atomic E-state index is 0.143. The molecule has 2 aromatic carbocycles. The van der Waals surface area contributed by atoms with E-state index in [9.17, 15) is 14.4 Å². The number of halogens is 2. The molecule has 1 heterocycles. The molecule has 0 aromatic heterocycles. The lowest BCUT2D eigenvalue weighted by atomic mass is 10.1. The van der Waals surface area contributed by atoms with Crippen molar-refractivity contribution < 1.29 is 14.4 Å². The van der Waals surface area contributed by atoms with Gasteiger partial charge in [0.2, 0.25) is 5.91 Å². The van der Waals surface area contributed by atoms with Gasteiger partial charge in [0, 0.05) is 17.1 Å². The zero-order valence-electron chi connectivity index (χ0n) is 14.7. The smallest absolute Gasteiger partial charge is 0.256 e. The average molecular weight is 405 g/mol. The molecule has 0 bridgehead atoms. The predicted octanol–water partition coefficient (Wildman–Crippen LogP) is 4.44. The Hall–Kier alpha value is -2.37. The van der Waals surface area contributed by atoms with Gasteiger partial charge in [-0.25, -0.2) is 0 Å². The molecule has 0 radical (unpaired) electrons. The number of nitrogens with one attached hydrogen (secondary N) is 1. The Morgan fingerprint density at radius 2 is 1.81 bits per heavy atom. The number of benzene rings is 2. The molecule has 1 saturated heterocycles. The van der Waals surface area contributed by atoms with Crippen molar-refractivity contribution in [1.82, 2.24) is 4.90 Å². The highest BCUT2D eigenvalue weighted by molar-refractivity contribution is 6.35. The second-order valence-electron chi connectivity index (χ2n) is 6.37. The summed E-state index contributed by atoms with van der Waals surface area (Å²) < 4.78 is 0. The SMILES string of the molecule is CC(=O)c1ccccc1NC(=O)[C@H]1CCCN1C(=O)c1cc(Cl)ccc1Cl. The van der Waals surface area contributed by atoms with Crippen LogP contribution in [0.2, 0.25) is 10.0 Å². The maximum atomic E-state index is 12.9. The summed E-state index contributed by atoms with van der Waals surface area (Å²) in [6.45, 7) is 1.89. The zero-order chi connectivity index (χ0) is 19.6. The molecule has 2 amide bonds. The number of ketones is 1. The van der Waals surface area contributed by atoms with Gasteiger partial charge < -0.3 is 10.2 Å². The number of carbonyl (C=O) groups excluding carboxylic acids is 3. The first-order chi connectivity index (χ1) is 12.9. The summed E-state index contributed by atoms with van der Waals surface area (Å²) >= 11 is 12.1. The summed E-state index contributed by atoms with van der Waals surface area (Å²) in [5, 5.41) is 3.47. The molecule has 1 aliphatic rings. The number of anilines is 1. The van der Waals surface area contributed by atoms with E-state index in [0.717, 1.165) is 0 Å². The molecule has 1 N–H and O–H groups in total. The minimum Gasteiger partial charge on any atom is -0.327 e. The summed E-state index contributed by atoms with van der Waals surface area (Å²) in [6, 6.07) is 10.8. The van der Waals surface area contributed by atoms with Crippen LogP contribution in [0.3, 0.4) is 0 Å². The first kappa shape index (κ1) is 19.4. The van der Waals surface area contributed by atoms with Gasteiger partial charge in [-0.1, -0.05) is 35.3 Å². The maximum absolute atomic E-state index is 12.9. The lowest BCUT2D eigenvalue weighted by Crippen LogP contribution is -2.43. The Balaban J connectivity index is 1.82. The summed E-state index contributed by atoms with van der Waals surface area (Å²) in [5.74, 6) is -0.802. The quantitative estimate of drug-likeness (QED) is 0.765. The number of amides is 2. The van der Waals surface area contributed by atoms with Gasteiger partial charge in [-0.15, -0.1) is 0 Å². The van der Waals surface area contributed by atoms with Gasteiger partial charge in [0.25, 0.3) is 5.91 Å². The molecule has 0 aliphatic carbocycles. The Morgan fingerprint density at radius 1 is 1.07 bits per heavy atom. The normalized spacial score (nSPS) is 16.3. The van der Waals surface area contributed by atoms with Gasteiger partial charge in [0.15, 0.2) is 5.78 Å². The Labute approximate surface area is 167 Å². The molecule has 0 unspecified atom stereocenters. The number of likely N-dealkylation sites (tertiary alicyclic amines) is 1. The van der Waals surface area contributed by atoms with Crippen molar-refractivity contribution in [2.24, 2.45) is 0 Å². The highest BCUT2D eigenvalue weighted by Crippen LogP contribution is 2.27. The molecule has 27 heavy (non-hydrogen) atoms. The lowest BCUT2D eigenvalue weighted by Gasteiger charge is -2.25. The van der Waals surface area contributed by atoms with Crippen LogP contribution in [0.25, 0.3) is 0 Å². The van der Waals surface area contributed by atoms with E-state index in [0.29, 0.717) is 35.7 Å². The molecular formula is C20H18Cl2N2O3. The largest absolute Gasteiger partial charge is 0.327 e. The maximum Gasteiger partial charge on any atom is 0.256 e. The fraction of sp³-hybridized carbons (Fsp3) is 0.250. The second kappa shape index (κ2) is 8.11. The highest BCUT2D eigenvalue weighted by atomic mass is 35.5. The molecule has 140 valence electrons. The van der Waals surface area contributed by atoms with Crippen molar-refractivity contribution in [2.45, 2.75) is 25.8 Å². The van der Waals surface area contributed by atoms with Gasteiger partial charge in [-0.05, 0) is 50.1 Å². The number of Topliss-reactive ketones (excluding diaryl/α,β-unsaturated/α-hetero) is 1. The van der Waals surface area contributed by atoms with Crippen LogP contribution in [0.15, 0.2) is 42.5 Å². The molecule has 1 aliphatic heterocycles. The average Bonchev–Trinajstić information content (AvgIpc) is 3.13. The van der Waals surface area contributed by atoms with Crippen LogP contribution in [-0.2, 0) is 4.79 Å². The van der Waals surface area contributed by atoms with Gasteiger partial charge in [0.05, 0.1) is 16.3 Å². The van der Waals surface area contributed by atoms with E-state index in [1.807, 2.05) is 0 Å². The van der Waals surface area contributed by atoms with E-state index in [4.69, 9.17) is 23.2 Å². The van der Waals surface area contributed by atoms with E-state index >= 15 is 0 Å². The highest BCUT2D eigenvalue weighted by Gasteiger charge is 2.35. The van der Waals surface area contributed by atoms with Gasteiger partial charge in [-0.2, -0.15) is 0 Å². The van der Waals surface area contributed by atoms with E-state index in [-0.39, 0.29) is 28.2 Å². The van der Waals surface area contributed by atoms with Crippen molar-refractivity contribution >= 4 is 46.5 Å². The van der Waals surface area contributed by atoms with Crippen molar-refractivity contribution in [3.8, 4) is 0 Å². The zero-order valence-corrected chi connectivity index (χ0v) is 16.2. The Morgan fingerprint density at radius 3 is 2.56 bits per heavy atom. The standard InChI is InChI=1S/C20H18Cl2N2O3/c1-12(25)14-5-2-3-6-17(14)23-19(26)18-7-4-10-24(18)20(27)15-11-13(21)8-9-16(15)22/h2-3,5-6,8-9,11,18H,4,7,10H2,1H3,(H,23,26)/t18-/m1/s1. The van der Waals surface area contributed by atoms with Gasteiger partial charge >= 0.3 is 0 Å². The lowest BCUT2D eigenvalue weighted by molar-refractivity contribution is -0.119. The first-order valence-corrected chi connectivity index (χ1v) is 9.31. The third-order valence-electron chi connectivity index (χ3n) is 4.54. The van der Waals surface area contributed by atoms with E-state index in [1.54, 1.807) is 36.4 Å². The number of hydrogen-bond acceptors (Lipinski definition) is 3. The monoisotopic (exact) mass is 404 g/mol. The molecule has 1 atom stereocenters. The molecule has 3 rings (SSSR count). The predicted molar refractivity (Wildman–Crippen MR) is 106 cm³/mol. The number of carbonyl (C=O) groups is 3. The molecule has 0 saturated carbocycles. The summed E-state index contributed by atoms with van der Waals surface area (Å²) in [7, 11) is 0. The molecule has 7 heteroatoms. The van der Waals surface area contributed by atoms with Crippen molar-refractivity contribution in [3.05, 3.63) is 63.6 Å². The molecule has 2 aromatic rings. The van der Waals surface area contributed by atoms with Crippen LogP contribution in [0, 0.1) is 0 Å². The summed E-state index contributed by atoms with van der Waals surface area (Å²) in [5.41, 5.74) is 1.14. The fourth-order valence-corrected chi connectivity index (χ4v) is 3.58. The van der Waals surface area contributed by atoms with Crippen molar-refractivity contribution in [2.75, 3.05) is 11.9 Å². The summed E-state index contributed by atoms with van der Waals surface area (Å²) in [4.78, 5) is 39.0. The van der Waals surface area contributed by atoms with Gasteiger partial charge in [0.1, 0.15) is 6.04 Å². The first-order valence-electron chi connectivity index (χ1n) is 8.55.